The average Bonchev–Trinajstić information content (AvgIpc) is 3.32. The van der Waals surface area contributed by atoms with Crippen LogP contribution in [-0.2, 0) is 17.9 Å². The Morgan fingerprint density at radius 3 is 2.47 bits per heavy atom. The molecule has 0 radical (unpaired) electrons. The number of thiophene rings is 1. The third kappa shape index (κ3) is 4.95. The molecule has 0 spiro atoms. The third-order valence-electron chi connectivity index (χ3n) is 7.41. The highest BCUT2D eigenvalue weighted by atomic mass is 32.1. The maximum atomic E-state index is 13.2. The summed E-state index contributed by atoms with van der Waals surface area (Å²) in [7, 11) is 0. The third-order valence-corrected chi connectivity index (χ3v) is 8.38. The van der Waals surface area contributed by atoms with Gasteiger partial charge in [-0.15, -0.1) is 11.3 Å². The van der Waals surface area contributed by atoms with Crippen LogP contribution >= 0.6 is 11.3 Å². The van der Waals surface area contributed by atoms with Gasteiger partial charge in [-0.2, -0.15) is 0 Å². The second kappa shape index (κ2) is 10.1. The highest BCUT2D eigenvalue weighted by molar-refractivity contribution is 7.10. The Hall–Kier alpha value is -1.70. The van der Waals surface area contributed by atoms with Gasteiger partial charge in [-0.3, -0.25) is 19.5 Å². The molecule has 3 amide bonds. The van der Waals surface area contributed by atoms with Gasteiger partial charge in [-0.1, -0.05) is 25.5 Å². The van der Waals surface area contributed by atoms with Crippen molar-refractivity contribution in [1.29, 1.82) is 0 Å². The van der Waals surface area contributed by atoms with Crippen LogP contribution in [0.1, 0.15) is 62.8 Å². The monoisotopic (exact) mass is 458 g/mol. The molecule has 0 aromatic carbocycles. The van der Waals surface area contributed by atoms with Gasteiger partial charge >= 0.3 is 6.03 Å². The zero-order chi connectivity index (χ0) is 22.7. The molecule has 176 valence electrons. The Bertz CT molecular complexity index is 839. The summed E-state index contributed by atoms with van der Waals surface area (Å²) in [6.45, 7) is 14.5. The van der Waals surface area contributed by atoms with Crippen LogP contribution in [0.5, 0.6) is 0 Å². The van der Waals surface area contributed by atoms with Gasteiger partial charge in [0.15, 0.2) is 0 Å². The number of urea groups is 1. The van der Waals surface area contributed by atoms with E-state index in [0.29, 0.717) is 13.0 Å². The molecule has 3 fully saturated rings. The van der Waals surface area contributed by atoms with Crippen molar-refractivity contribution in [3.63, 3.8) is 0 Å². The topological polar surface area (TPSA) is 55.9 Å². The Kier molecular flexibility index (Phi) is 7.37. The molecular weight excluding hydrogens is 420 g/mol. The summed E-state index contributed by atoms with van der Waals surface area (Å²) in [6, 6.07) is 2.12. The molecule has 3 saturated heterocycles. The van der Waals surface area contributed by atoms with Gasteiger partial charge in [0.05, 0.1) is 6.54 Å². The Balaban J connectivity index is 1.31. The van der Waals surface area contributed by atoms with Crippen LogP contribution < -0.4 is 5.32 Å². The second-order valence-electron chi connectivity index (χ2n) is 9.91. The normalized spacial score (nSPS) is 26.0. The summed E-state index contributed by atoms with van der Waals surface area (Å²) in [5, 5.41) is 5.40. The number of rotatable bonds is 8. The predicted octanol–water partition coefficient (Wildman–Crippen LogP) is 4.22. The summed E-state index contributed by atoms with van der Waals surface area (Å²) in [6.07, 6.45) is 6.55. The van der Waals surface area contributed by atoms with Gasteiger partial charge in [0.2, 0.25) is 0 Å². The number of hydrogen-bond donors (Lipinski definition) is 1. The second-order valence-corrected chi connectivity index (χ2v) is 10.9. The van der Waals surface area contributed by atoms with E-state index in [0.717, 1.165) is 44.6 Å². The molecule has 32 heavy (non-hydrogen) atoms. The fourth-order valence-electron chi connectivity index (χ4n) is 5.64. The van der Waals surface area contributed by atoms with Gasteiger partial charge < -0.3 is 5.32 Å². The fraction of sp³-hybridized carbons (Fsp3) is 0.680. The molecule has 1 aromatic heterocycles. The van der Waals surface area contributed by atoms with E-state index in [-0.39, 0.29) is 17.9 Å². The SMILES string of the molecule is C=C(C)CN1C(=O)N[C@@](CC)(C2CCN(Cc3cc(CN4CCCCC4)cs3)CC2)C1=O. The molecule has 6 nitrogen and oxygen atoms in total. The highest BCUT2D eigenvalue weighted by Crippen LogP contribution is 2.36. The highest BCUT2D eigenvalue weighted by Gasteiger charge is 2.54. The summed E-state index contributed by atoms with van der Waals surface area (Å²) >= 11 is 1.87. The summed E-state index contributed by atoms with van der Waals surface area (Å²) in [5.74, 6) is 0.125. The van der Waals surface area contributed by atoms with E-state index < -0.39 is 5.54 Å². The molecule has 7 heteroatoms. The van der Waals surface area contributed by atoms with Crippen LogP contribution in [0.2, 0.25) is 0 Å². The predicted molar refractivity (Wildman–Crippen MR) is 130 cm³/mol. The van der Waals surface area contributed by atoms with Crippen molar-refractivity contribution in [3.8, 4) is 0 Å². The number of nitrogens with zero attached hydrogens (tertiary/aromatic N) is 3. The van der Waals surface area contributed by atoms with Gasteiger partial charge in [-0.05, 0) is 88.1 Å². The molecule has 1 aromatic rings. The van der Waals surface area contributed by atoms with Crippen molar-refractivity contribution in [1.82, 2.24) is 20.0 Å². The molecule has 3 aliphatic rings. The first-order valence-electron chi connectivity index (χ1n) is 12.2. The number of amides is 3. The summed E-state index contributed by atoms with van der Waals surface area (Å²) in [5.41, 5.74) is 1.53. The zero-order valence-electron chi connectivity index (χ0n) is 19.7. The van der Waals surface area contributed by atoms with Crippen LogP contribution in [0, 0.1) is 5.92 Å². The first kappa shape index (κ1) is 23.5. The molecule has 0 bridgehead atoms. The van der Waals surface area contributed by atoms with Crippen molar-refractivity contribution in [2.24, 2.45) is 5.92 Å². The molecule has 3 aliphatic heterocycles. The van der Waals surface area contributed by atoms with E-state index in [9.17, 15) is 9.59 Å². The van der Waals surface area contributed by atoms with Crippen LogP contribution in [-0.4, -0.2) is 64.9 Å². The van der Waals surface area contributed by atoms with Gasteiger partial charge in [-0.25, -0.2) is 4.79 Å². The van der Waals surface area contributed by atoms with E-state index in [2.05, 4.69) is 33.1 Å². The van der Waals surface area contributed by atoms with Crippen molar-refractivity contribution < 1.29 is 9.59 Å². The van der Waals surface area contributed by atoms with Crippen molar-refractivity contribution in [2.75, 3.05) is 32.7 Å². The van der Waals surface area contributed by atoms with E-state index >= 15 is 0 Å². The van der Waals surface area contributed by atoms with Crippen molar-refractivity contribution >= 4 is 23.3 Å². The zero-order valence-corrected chi connectivity index (χ0v) is 20.5. The molecular formula is C25H38N4O2S. The largest absolute Gasteiger partial charge is 0.325 e. The molecule has 1 atom stereocenters. The lowest BCUT2D eigenvalue weighted by Gasteiger charge is -2.40. The van der Waals surface area contributed by atoms with E-state index in [4.69, 9.17) is 0 Å². The smallest absolute Gasteiger partial charge is 0.323 e. The number of carbonyl (C=O) groups excluding carboxylic acids is 2. The van der Waals surface area contributed by atoms with E-state index in [1.54, 1.807) is 0 Å². The molecule has 0 saturated carbocycles. The molecule has 4 rings (SSSR count). The van der Waals surface area contributed by atoms with Crippen LogP contribution in [0.15, 0.2) is 23.6 Å². The maximum absolute atomic E-state index is 13.2. The van der Waals surface area contributed by atoms with Gasteiger partial charge in [0, 0.05) is 18.0 Å². The lowest BCUT2D eigenvalue weighted by Crippen LogP contribution is -2.55. The minimum atomic E-state index is -0.747. The molecule has 4 heterocycles. The summed E-state index contributed by atoms with van der Waals surface area (Å²) < 4.78 is 0. The summed E-state index contributed by atoms with van der Waals surface area (Å²) in [4.78, 5) is 33.6. The standard InChI is InChI=1S/C25H38N4O2S/c1-4-25(23(30)29(15-19(2)3)24(31)26-25)21-8-12-28(13-9-21)17-22-14-20(18-32-22)16-27-10-6-5-7-11-27/h14,18,21H,2,4-13,15-17H2,1,3H3,(H,26,31)/t25-/m0/s1. The van der Waals surface area contributed by atoms with Crippen LogP contribution in [0.4, 0.5) is 4.79 Å². The van der Waals surface area contributed by atoms with Crippen molar-refractivity contribution in [3.05, 3.63) is 34.0 Å². The Labute approximate surface area is 196 Å². The minimum Gasteiger partial charge on any atom is -0.323 e. The van der Waals surface area contributed by atoms with Gasteiger partial charge in [0.25, 0.3) is 5.91 Å². The van der Waals surface area contributed by atoms with E-state index in [1.807, 2.05) is 25.2 Å². The number of nitrogens with one attached hydrogen (secondary N) is 1. The molecule has 0 unspecified atom stereocenters. The van der Waals surface area contributed by atoms with E-state index in [1.165, 1.54) is 47.7 Å². The average molecular weight is 459 g/mol. The van der Waals surface area contributed by atoms with Crippen LogP contribution in [0.25, 0.3) is 0 Å². The first-order valence-corrected chi connectivity index (χ1v) is 13.1. The number of hydrogen-bond acceptors (Lipinski definition) is 5. The minimum absolute atomic E-state index is 0.0629. The van der Waals surface area contributed by atoms with Gasteiger partial charge in [0.1, 0.15) is 5.54 Å². The fourth-order valence-corrected chi connectivity index (χ4v) is 6.56. The Morgan fingerprint density at radius 1 is 1.12 bits per heavy atom. The lowest BCUT2D eigenvalue weighted by molar-refractivity contribution is -0.134. The number of carbonyl (C=O) groups is 2. The number of likely N-dealkylation sites (tertiary alicyclic amines) is 2. The molecule has 1 N–H and O–H groups in total. The number of imide groups is 1. The van der Waals surface area contributed by atoms with Crippen LogP contribution in [0.3, 0.4) is 0 Å². The number of piperidine rings is 2. The molecule has 0 aliphatic carbocycles. The lowest BCUT2D eigenvalue weighted by atomic mass is 9.75. The Morgan fingerprint density at radius 2 is 1.81 bits per heavy atom. The first-order chi connectivity index (χ1) is 15.4. The van der Waals surface area contributed by atoms with Crippen molar-refractivity contribution in [2.45, 2.75) is 71.0 Å². The quantitative estimate of drug-likeness (QED) is 0.468. The maximum Gasteiger partial charge on any atom is 0.325 e.